The summed E-state index contributed by atoms with van der Waals surface area (Å²) in [5, 5.41) is 11.2. The summed E-state index contributed by atoms with van der Waals surface area (Å²) in [5.41, 5.74) is -0.233. The number of anilines is 1. The summed E-state index contributed by atoms with van der Waals surface area (Å²) in [6, 6.07) is 3.83. The van der Waals surface area contributed by atoms with Crippen LogP contribution in [0.1, 0.15) is 0 Å². The molecule has 1 aromatic heterocycles. The summed E-state index contributed by atoms with van der Waals surface area (Å²) in [6.45, 7) is -0.198. The number of aromatic nitrogens is 1. The molecule has 1 aromatic carbocycles. The van der Waals surface area contributed by atoms with E-state index < -0.39 is 16.7 Å². The van der Waals surface area contributed by atoms with E-state index in [1.807, 2.05) is 0 Å². The minimum absolute atomic E-state index is 0.0154. The highest BCUT2D eigenvalue weighted by molar-refractivity contribution is 5.98. The quantitative estimate of drug-likeness (QED) is 0.486. The highest BCUT2D eigenvalue weighted by atomic mass is 19.1. The van der Waals surface area contributed by atoms with Gasteiger partial charge in [0.05, 0.1) is 23.5 Å². The number of esters is 1. The van der Waals surface area contributed by atoms with Gasteiger partial charge in [-0.1, -0.05) is 0 Å². The number of non-ortho nitro benzene ring substituents is 1. The SMILES string of the molecule is COC(=O)CN(C)c1c(F)cc([N+](=O)[O-])c2cccnc12. The molecule has 0 saturated heterocycles. The Hall–Kier alpha value is -2.77. The summed E-state index contributed by atoms with van der Waals surface area (Å²) >= 11 is 0. The fraction of sp³-hybridized carbons (Fsp3) is 0.231. The Kier molecular flexibility index (Phi) is 3.97. The van der Waals surface area contributed by atoms with E-state index in [1.165, 1.54) is 37.4 Å². The number of nitrogens with zero attached hydrogens (tertiary/aromatic N) is 3. The summed E-state index contributed by atoms with van der Waals surface area (Å²) in [7, 11) is 2.70. The second kappa shape index (κ2) is 5.70. The van der Waals surface area contributed by atoms with Crippen LogP contribution in [0, 0.1) is 15.9 Å². The lowest BCUT2D eigenvalue weighted by Crippen LogP contribution is -2.27. The average Bonchev–Trinajstić information content (AvgIpc) is 2.45. The molecule has 0 fully saturated rings. The molecule has 0 aliphatic heterocycles. The first-order chi connectivity index (χ1) is 9.95. The van der Waals surface area contributed by atoms with Crippen LogP contribution in [0.2, 0.25) is 0 Å². The van der Waals surface area contributed by atoms with E-state index in [0.717, 1.165) is 6.07 Å². The Balaban J connectivity index is 2.64. The van der Waals surface area contributed by atoms with Crippen LogP contribution in [0.25, 0.3) is 10.9 Å². The van der Waals surface area contributed by atoms with Crippen LogP contribution >= 0.6 is 0 Å². The number of likely N-dealkylation sites (N-methyl/N-ethyl adjacent to an activating group) is 1. The van der Waals surface area contributed by atoms with Gasteiger partial charge in [-0.15, -0.1) is 0 Å². The second-order valence-electron chi connectivity index (χ2n) is 4.31. The molecule has 0 radical (unpaired) electrons. The van der Waals surface area contributed by atoms with E-state index in [0.29, 0.717) is 0 Å². The smallest absolute Gasteiger partial charge is 0.325 e. The van der Waals surface area contributed by atoms with Gasteiger partial charge in [-0.05, 0) is 12.1 Å². The van der Waals surface area contributed by atoms with Gasteiger partial charge in [-0.2, -0.15) is 0 Å². The maximum Gasteiger partial charge on any atom is 0.325 e. The molecule has 0 amide bonds. The van der Waals surface area contributed by atoms with Gasteiger partial charge in [0.1, 0.15) is 17.7 Å². The van der Waals surface area contributed by atoms with Crippen molar-refractivity contribution >= 4 is 28.2 Å². The number of fused-ring (bicyclic) bond motifs is 1. The third kappa shape index (κ3) is 2.73. The predicted octanol–water partition coefficient (Wildman–Crippen LogP) is 1.89. The van der Waals surface area contributed by atoms with E-state index in [-0.39, 0.29) is 28.8 Å². The molecule has 0 N–H and O–H groups in total. The van der Waals surface area contributed by atoms with E-state index in [9.17, 15) is 19.3 Å². The Labute approximate surface area is 119 Å². The lowest BCUT2D eigenvalue weighted by atomic mass is 10.1. The number of methoxy groups -OCH3 is 1. The van der Waals surface area contributed by atoms with Crippen LogP contribution in [0.5, 0.6) is 0 Å². The molecule has 0 bridgehead atoms. The van der Waals surface area contributed by atoms with E-state index in [1.54, 1.807) is 0 Å². The number of rotatable bonds is 4. The zero-order chi connectivity index (χ0) is 15.6. The van der Waals surface area contributed by atoms with Crippen LogP contribution in [0.15, 0.2) is 24.4 Å². The fourth-order valence-corrected chi connectivity index (χ4v) is 2.03. The van der Waals surface area contributed by atoms with Gasteiger partial charge < -0.3 is 9.64 Å². The van der Waals surface area contributed by atoms with E-state index in [2.05, 4.69) is 9.72 Å². The van der Waals surface area contributed by atoms with Crippen LogP contribution in [-0.2, 0) is 9.53 Å². The summed E-state index contributed by atoms with van der Waals surface area (Å²) < 4.78 is 18.7. The van der Waals surface area contributed by atoms with Gasteiger partial charge in [0.15, 0.2) is 5.82 Å². The van der Waals surface area contributed by atoms with Crippen LogP contribution in [0.3, 0.4) is 0 Å². The Morgan fingerprint density at radius 3 is 2.90 bits per heavy atom. The molecule has 1 heterocycles. The van der Waals surface area contributed by atoms with Crippen molar-refractivity contribution < 1.29 is 18.8 Å². The Morgan fingerprint density at radius 2 is 2.29 bits per heavy atom. The minimum atomic E-state index is -0.820. The lowest BCUT2D eigenvalue weighted by Gasteiger charge is -2.19. The second-order valence-corrected chi connectivity index (χ2v) is 4.31. The number of pyridine rings is 1. The van der Waals surface area contributed by atoms with Crippen molar-refractivity contribution in [3.63, 3.8) is 0 Å². The van der Waals surface area contributed by atoms with Crippen molar-refractivity contribution in [1.29, 1.82) is 0 Å². The molecular weight excluding hydrogens is 281 g/mol. The molecule has 0 aliphatic rings. The van der Waals surface area contributed by atoms with Gasteiger partial charge in [0.25, 0.3) is 5.69 Å². The first-order valence-corrected chi connectivity index (χ1v) is 5.95. The number of hydrogen-bond donors (Lipinski definition) is 0. The van der Waals surface area contributed by atoms with Gasteiger partial charge in [-0.25, -0.2) is 4.39 Å². The summed E-state index contributed by atoms with van der Waals surface area (Å²) in [6.07, 6.45) is 1.40. The maximum atomic E-state index is 14.2. The van der Waals surface area contributed by atoms with Crippen LogP contribution in [0.4, 0.5) is 15.8 Å². The monoisotopic (exact) mass is 293 g/mol. The summed E-state index contributed by atoms with van der Waals surface area (Å²) in [4.78, 5) is 26.9. The molecule has 110 valence electrons. The molecule has 0 unspecified atom stereocenters. The largest absolute Gasteiger partial charge is 0.468 e. The predicted molar refractivity (Wildman–Crippen MR) is 73.6 cm³/mol. The van der Waals surface area contributed by atoms with E-state index >= 15 is 0 Å². The fourth-order valence-electron chi connectivity index (χ4n) is 2.03. The average molecular weight is 293 g/mol. The van der Waals surface area contributed by atoms with Gasteiger partial charge >= 0.3 is 5.97 Å². The van der Waals surface area contributed by atoms with Gasteiger partial charge in [-0.3, -0.25) is 19.9 Å². The lowest BCUT2D eigenvalue weighted by molar-refractivity contribution is -0.383. The molecular formula is C13H12FN3O4. The van der Waals surface area contributed by atoms with Crippen molar-refractivity contribution in [3.05, 3.63) is 40.3 Å². The Bertz CT molecular complexity index is 720. The standard InChI is InChI=1S/C13H12FN3O4/c1-16(7-11(18)21-2)13-9(14)6-10(17(19)20)8-4-3-5-15-12(8)13/h3-6H,7H2,1-2H3. The molecule has 8 heteroatoms. The number of benzene rings is 1. The summed E-state index contributed by atoms with van der Waals surface area (Å²) in [5.74, 6) is -1.38. The Morgan fingerprint density at radius 1 is 1.57 bits per heavy atom. The molecule has 21 heavy (non-hydrogen) atoms. The van der Waals surface area contributed by atoms with E-state index in [4.69, 9.17) is 0 Å². The molecule has 0 aliphatic carbocycles. The molecule has 2 rings (SSSR count). The van der Waals surface area contributed by atoms with Crippen molar-refractivity contribution in [1.82, 2.24) is 4.98 Å². The highest BCUT2D eigenvalue weighted by Crippen LogP contribution is 2.34. The number of carbonyl (C=O) groups is 1. The first-order valence-electron chi connectivity index (χ1n) is 5.95. The van der Waals surface area contributed by atoms with Crippen LogP contribution < -0.4 is 4.90 Å². The number of hydrogen-bond acceptors (Lipinski definition) is 6. The third-order valence-corrected chi connectivity index (χ3v) is 2.97. The molecule has 2 aromatic rings. The van der Waals surface area contributed by atoms with Crippen molar-refractivity contribution in [2.45, 2.75) is 0 Å². The highest BCUT2D eigenvalue weighted by Gasteiger charge is 2.23. The number of carbonyl (C=O) groups excluding carboxylic acids is 1. The van der Waals surface area contributed by atoms with Crippen molar-refractivity contribution in [2.24, 2.45) is 0 Å². The third-order valence-electron chi connectivity index (χ3n) is 2.97. The zero-order valence-corrected chi connectivity index (χ0v) is 11.4. The van der Waals surface area contributed by atoms with Crippen LogP contribution in [-0.4, -0.2) is 36.6 Å². The topological polar surface area (TPSA) is 85.6 Å². The van der Waals surface area contributed by atoms with Crippen molar-refractivity contribution in [3.8, 4) is 0 Å². The zero-order valence-electron chi connectivity index (χ0n) is 11.4. The van der Waals surface area contributed by atoms with Crippen molar-refractivity contribution in [2.75, 3.05) is 25.6 Å². The molecule has 0 atom stereocenters. The normalized spacial score (nSPS) is 10.4. The number of ether oxygens (including phenoxy) is 1. The first kappa shape index (κ1) is 14.6. The molecule has 7 nitrogen and oxygen atoms in total. The molecule has 0 saturated carbocycles. The van der Waals surface area contributed by atoms with Gasteiger partial charge in [0.2, 0.25) is 0 Å². The maximum absolute atomic E-state index is 14.2. The number of nitro groups is 1. The molecule has 0 spiro atoms. The van der Waals surface area contributed by atoms with Gasteiger partial charge in [0, 0.05) is 13.2 Å². The number of nitro benzene ring substituents is 1. The minimum Gasteiger partial charge on any atom is -0.468 e. The number of halogens is 1.